The van der Waals surface area contributed by atoms with Crippen LogP contribution in [0.25, 0.3) is 0 Å². The van der Waals surface area contributed by atoms with Gasteiger partial charge in [0.15, 0.2) is 6.29 Å². The molecule has 8 atom stereocenters. The summed E-state index contributed by atoms with van der Waals surface area (Å²) >= 11 is 0. The molecule has 3 aromatic carbocycles. The Balaban J connectivity index is 0.974. The van der Waals surface area contributed by atoms with Gasteiger partial charge in [0.05, 0.1) is 77.2 Å². The van der Waals surface area contributed by atoms with E-state index in [0.717, 1.165) is 112 Å². The van der Waals surface area contributed by atoms with Gasteiger partial charge in [-0.15, -0.1) is 0 Å². The van der Waals surface area contributed by atoms with Crippen LogP contribution in [0.5, 0.6) is 11.5 Å². The lowest BCUT2D eigenvalue weighted by molar-refractivity contribution is -0.255. The Morgan fingerprint density at radius 2 is 1.11 bits per heavy atom. The van der Waals surface area contributed by atoms with Crippen molar-refractivity contribution in [2.75, 3.05) is 67.0 Å². The molecule has 2 aliphatic rings. The Kier molecular flexibility index (Phi) is 33.2. The summed E-state index contributed by atoms with van der Waals surface area (Å²) in [5, 5.41) is 10.9. The monoisotopic (exact) mass is 1260 g/mol. The normalized spacial score (nSPS) is 20.2. The van der Waals surface area contributed by atoms with Gasteiger partial charge in [0, 0.05) is 76.4 Å². The highest BCUT2D eigenvalue weighted by molar-refractivity contribution is 5.80. The molecule has 0 aliphatic carbocycles. The quantitative estimate of drug-likeness (QED) is 0.0319. The number of unbranched alkanes of at least 4 members (excludes halogenated alkanes) is 10. The van der Waals surface area contributed by atoms with E-state index < -0.39 is 22.7 Å². The molecule has 504 valence electrons. The average Bonchev–Trinajstić information content (AvgIpc) is 0.825. The van der Waals surface area contributed by atoms with E-state index >= 15 is 0 Å². The van der Waals surface area contributed by atoms with Crippen molar-refractivity contribution in [2.45, 2.75) is 239 Å². The summed E-state index contributed by atoms with van der Waals surface area (Å²) in [6.45, 7) is 20.0. The summed E-state index contributed by atoms with van der Waals surface area (Å²) in [5.41, 5.74) is 0.564. The minimum Gasteiger partial charge on any atom is -0.497 e. The van der Waals surface area contributed by atoms with Gasteiger partial charge < -0.3 is 52.6 Å². The van der Waals surface area contributed by atoms with Crippen molar-refractivity contribution in [3.8, 4) is 11.5 Å². The summed E-state index contributed by atoms with van der Waals surface area (Å²) < 4.78 is 54.4. The molecule has 2 aliphatic heterocycles. The van der Waals surface area contributed by atoms with Crippen LogP contribution >= 0.6 is 0 Å². The number of Topliss-reactive ketones (excluding diaryl/α,β-unsaturated/α-hetero) is 3. The largest absolute Gasteiger partial charge is 0.497 e. The van der Waals surface area contributed by atoms with E-state index in [4.69, 9.17) is 42.6 Å². The third-order valence-corrected chi connectivity index (χ3v) is 18.0. The molecule has 0 spiro atoms. The Bertz CT molecular complexity index is 2500. The highest BCUT2D eigenvalue weighted by atomic mass is 16.7. The lowest BCUT2D eigenvalue weighted by Crippen LogP contribution is -2.47. The number of methoxy groups -OCH3 is 2. The number of carbonyl (C=O) groups excluding carboxylic acids is 5. The van der Waals surface area contributed by atoms with Crippen LogP contribution in [-0.2, 0) is 62.7 Å². The summed E-state index contributed by atoms with van der Waals surface area (Å²) in [4.78, 5) is 66.4. The topological polar surface area (TPSA) is 192 Å². The Morgan fingerprint density at radius 3 is 1.67 bits per heavy atom. The molecule has 16 heteroatoms. The predicted octanol–water partition coefficient (Wildman–Crippen LogP) is 13.9. The minimum absolute atomic E-state index is 0.0346. The number of esters is 1. The van der Waals surface area contributed by atoms with E-state index in [0.29, 0.717) is 57.7 Å². The van der Waals surface area contributed by atoms with E-state index in [1.54, 1.807) is 14.2 Å². The molecule has 2 saturated heterocycles. The van der Waals surface area contributed by atoms with Crippen molar-refractivity contribution >= 4 is 29.2 Å². The maximum absolute atomic E-state index is 13.9. The summed E-state index contributed by atoms with van der Waals surface area (Å²) in [5.74, 6) is 2.45. The number of hydrogen-bond acceptors (Lipinski definition) is 15. The number of carbonyl (C=O) groups is 5. The molecular formula is C74H113NO15. The number of aliphatic hydroxyl groups excluding tert-OH is 1. The van der Waals surface area contributed by atoms with E-state index in [1.807, 2.05) is 106 Å². The zero-order valence-electron chi connectivity index (χ0n) is 56.7. The van der Waals surface area contributed by atoms with Crippen LogP contribution in [0.2, 0.25) is 0 Å². The molecule has 1 N–H and O–H groups in total. The van der Waals surface area contributed by atoms with Crippen LogP contribution in [0.4, 0.5) is 0 Å². The molecule has 0 bridgehead atoms. The maximum atomic E-state index is 13.9. The highest BCUT2D eigenvalue weighted by Gasteiger charge is 2.43. The molecule has 5 rings (SSSR count). The van der Waals surface area contributed by atoms with Crippen LogP contribution in [-0.4, -0.2) is 142 Å². The lowest BCUT2D eigenvalue weighted by atomic mass is 9.79. The third kappa shape index (κ3) is 25.8. The molecule has 0 aromatic heterocycles. The molecule has 0 saturated carbocycles. The molecule has 6 unspecified atom stereocenters. The van der Waals surface area contributed by atoms with E-state index in [-0.39, 0.29) is 118 Å². The highest BCUT2D eigenvalue weighted by Crippen LogP contribution is 2.43. The summed E-state index contributed by atoms with van der Waals surface area (Å²) in [7, 11) is 3.29. The number of amides is 1. The van der Waals surface area contributed by atoms with Gasteiger partial charge >= 0.3 is 5.97 Å². The lowest BCUT2D eigenvalue weighted by Gasteiger charge is -2.43. The molecule has 16 nitrogen and oxygen atoms in total. The van der Waals surface area contributed by atoms with Crippen molar-refractivity contribution in [1.29, 1.82) is 0 Å². The number of rotatable bonds is 45. The first-order chi connectivity index (χ1) is 43.1. The van der Waals surface area contributed by atoms with E-state index in [2.05, 4.69) is 32.9 Å². The fourth-order valence-electron chi connectivity index (χ4n) is 12.2. The van der Waals surface area contributed by atoms with Gasteiger partial charge in [-0.1, -0.05) is 120 Å². The predicted molar refractivity (Wildman–Crippen MR) is 351 cm³/mol. The average molecular weight is 1260 g/mol. The van der Waals surface area contributed by atoms with Crippen molar-refractivity contribution < 1.29 is 71.7 Å². The zero-order valence-corrected chi connectivity index (χ0v) is 56.7. The van der Waals surface area contributed by atoms with Crippen molar-refractivity contribution in [1.82, 2.24) is 4.90 Å². The van der Waals surface area contributed by atoms with Crippen LogP contribution in [0, 0.1) is 23.2 Å². The van der Waals surface area contributed by atoms with Gasteiger partial charge in [-0.2, -0.15) is 0 Å². The van der Waals surface area contributed by atoms with Gasteiger partial charge in [-0.25, -0.2) is 0 Å². The van der Waals surface area contributed by atoms with Crippen molar-refractivity contribution in [2.24, 2.45) is 23.2 Å². The second-order valence-electron chi connectivity index (χ2n) is 26.9. The second-order valence-corrected chi connectivity index (χ2v) is 26.9. The number of benzene rings is 3. The molecule has 0 radical (unpaired) electrons. The van der Waals surface area contributed by atoms with Crippen molar-refractivity contribution in [3.05, 3.63) is 95.6 Å². The van der Waals surface area contributed by atoms with Crippen LogP contribution in [0.3, 0.4) is 0 Å². The van der Waals surface area contributed by atoms with Gasteiger partial charge in [-0.3, -0.25) is 24.0 Å². The van der Waals surface area contributed by atoms with Gasteiger partial charge in [-0.05, 0) is 132 Å². The fraction of sp³-hybridized carbons (Fsp3) is 0.689. The molecule has 2 fully saturated rings. The SMILES string of the molecule is COc1ccc(C(OC[C@@H]2C[C@@H](O)CN2C(=O)CCCCCCCCCCC(=O)CC(COCCC(=O)CCCCCC(=O)CCCCOC2OC(COC(C)=O)C(C)C(C)C2C)(COC(C)C)COC(C)(C)C)(c2ccccc2)c2ccc(OC)cc2)cc1. The first-order valence-electron chi connectivity index (χ1n) is 33.8. The Labute approximate surface area is 539 Å². The van der Waals surface area contributed by atoms with Crippen LogP contribution in [0.1, 0.15) is 214 Å². The molecule has 1 amide bonds. The summed E-state index contributed by atoms with van der Waals surface area (Å²) in [6.07, 6.45) is 13.4. The Morgan fingerprint density at radius 1 is 0.589 bits per heavy atom. The zero-order chi connectivity index (χ0) is 65.5. The van der Waals surface area contributed by atoms with Gasteiger partial charge in [0.2, 0.25) is 5.91 Å². The Hall–Kier alpha value is -5.07. The first-order valence-corrected chi connectivity index (χ1v) is 33.8. The van der Waals surface area contributed by atoms with Crippen molar-refractivity contribution in [3.63, 3.8) is 0 Å². The smallest absolute Gasteiger partial charge is 0.302 e. The summed E-state index contributed by atoms with van der Waals surface area (Å²) in [6, 6.07) is 25.6. The number of ketones is 3. The number of likely N-dealkylation sites (tertiary alicyclic amines) is 1. The maximum Gasteiger partial charge on any atom is 0.302 e. The second kappa shape index (κ2) is 39.5. The first kappa shape index (κ1) is 75.6. The minimum atomic E-state index is -1.03. The van der Waals surface area contributed by atoms with E-state index in [1.165, 1.54) is 6.92 Å². The molecule has 2 heterocycles. The number of aliphatic hydroxyl groups is 1. The van der Waals surface area contributed by atoms with Crippen LogP contribution < -0.4 is 9.47 Å². The number of β-amino-alcohol motifs (C(OH)–C–C–N with tert-alkyl or cyclic N) is 1. The number of hydrogen-bond donors (Lipinski definition) is 1. The molecule has 90 heavy (non-hydrogen) atoms. The molecule has 3 aromatic rings. The molecular weight excluding hydrogens is 1140 g/mol. The van der Waals surface area contributed by atoms with Crippen LogP contribution in [0.15, 0.2) is 78.9 Å². The number of ether oxygens (including phenoxy) is 9. The third-order valence-electron chi connectivity index (χ3n) is 18.0. The standard InChI is InChI=1S/C74H113NO15/c1-54(2)87-52-73(53-89-72(7,8)9,51-84-45-43-64(78)31-24-19-23-30-63(77)32-26-27-44-85-71-57(5)55(3)56(4)69(90-71)50-86-58(6)76)47-65(79)33-22-16-14-12-13-15-17-25-34-70(81)75-48-66(80)46-62(75)49-88-74(59-28-20-18-21-29-59,60-35-39-67(82-10)40-36-60)61-37-41-68(83-11)42-38-61/h18,20-21,28-29,35-42,54-57,62,66,69,71,80H,12-17,19,22-27,30-34,43-53H2,1-11H3/t55?,56?,57?,62-,66+,69?,71?,73?/m0/s1. The van der Waals surface area contributed by atoms with E-state index in [9.17, 15) is 29.1 Å². The van der Waals surface area contributed by atoms with Gasteiger partial charge in [0.1, 0.15) is 41.1 Å². The fourth-order valence-corrected chi connectivity index (χ4v) is 12.2. The van der Waals surface area contributed by atoms with Gasteiger partial charge in [0.25, 0.3) is 0 Å². The number of nitrogens with zero attached hydrogens (tertiary/aromatic N) is 1.